The molecule has 5 nitrogen and oxygen atoms in total. The van der Waals surface area contributed by atoms with Crippen LogP contribution >= 0.6 is 0 Å². The summed E-state index contributed by atoms with van der Waals surface area (Å²) in [6.45, 7) is 3.45. The van der Waals surface area contributed by atoms with Crippen LogP contribution in [0.25, 0.3) is 0 Å². The molecular weight excluding hydrogens is 304 g/mol. The Kier molecular flexibility index (Phi) is 5.31. The number of alkyl halides is 2. The lowest BCUT2D eigenvalue weighted by Gasteiger charge is -2.16. The minimum absolute atomic E-state index is 0.0527. The molecular formula is C16H19F2N3O2. The molecule has 2 rings (SSSR count). The van der Waals surface area contributed by atoms with E-state index in [0.717, 1.165) is 5.56 Å². The van der Waals surface area contributed by atoms with Gasteiger partial charge < -0.3 is 10.1 Å². The van der Waals surface area contributed by atoms with Gasteiger partial charge in [0.1, 0.15) is 5.75 Å². The van der Waals surface area contributed by atoms with Gasteiger partial charge in [-0.25, -0.2) is 8.78 Å². The number of hydrogen-bond donors (Lipinski definition) is 2. The molecule has 2 aromatic rings. The number of aryl methyl sites for hydroxylation is 1. The van der Waals surface area contributed by atoms with Gasteiger partial charge in [0, 0.05) is 0 Å². The quantitative estimate of drug-likeness (QED) is 0.850. The first-order valence-corrected chi connectivity index (χ1v) is 7.25. The largest absolute Gasteiger partial charge is 0.497 e. The minimum Gasteiger partial charge on any atom is -0.497 e. The van der Waals surface area contributed by atoms with E-state index in [0.29, 0.717) is 17.9 Å². The number of H-pyrrole nitrogens is 1. The van der Waals surface area contributed by atoms with Gasteiger partial charge in [-0.2, -0.15) is 5.10 Å². The number of halogens is 2. The van der Waals surface area contributed by atoms with Crippen molar-refractivity contribution in [3.8, 4) is 5.75 Å². The number of anilines is 1. The molecule has 0 saturated heterocycles. The highest BCUT2D eigenvalue weighted by molar-refractivity contribution is 5.96. The summed E-state index contributed by atoms with van der Waals surface area (Å²) in [4.78, 5) is 12.5. The van der Waals surface area contributed by atoms with Crippen LogP contribution in [-0.4, -0.2) is 23.2 Å². The smallest absolute Gasteiger partial charge is 0.284 e. The van der Waals surface area contributed by atoms with Crippen molar-refractivity contribution in [3.63, 3.8) is 0 Å². The number of benzene rings is 1. The molecule has 124 valence electrons. The predicted octanol–water partition coefficient (Wildman–Crippen LogP) is 3.80. The van der Waals surface area contributed by atoms with Crippen molar-refractivity contribution in [3.05, 3.63) is 41.2 Å². The molecule has 0 aliphatic rings. The number of carbonyl (C=O) groups is 1. The summed E-state index contributed by atoms with van der Waals surface area (Å²) in [6, 6.07) is 7.11. The molecule has 23 heavy (non-hydrogen) atoms. The van der Waals surface area contributed by atoms with Gasteiger partial charge in [0.25, 0.3) is 6.43 Å². The predicted molar refractivity (Wildman–Crippen MR) is 82.9 cm³/mol. The molecule has 0 spiro atoms. The number of hydrogen-bond acceptors (Lipinski definition) is 3. The number of nitrogens with one attached hydrogen (secondary N) is 2. The Labute approximate surface area is 133 Å². The zero-order valence-corrected chi connectivity index (χ0v) is 13.2. The monoisotopic (exact) mass is 323 g/mol. The molecule has 1 aromatic carbocycles. The fourth-order valence-corrected chi connectivity index (χ4v) is 2.38. The van der Waals surface area contributed by atoms with E-state index in [4.69, 9.17) is 4.74 Å². The molecule has 0 aliphatic carbocycles. The zero-order valence-electron chi connectivity index (χ0n) is 13.2. The maximum absolute atomic E-state index is 12.9. The highest BCUT2D eigenvalue weighted by atomic mass is 19.3. The van der Waals surface area contributed by atoms with Gasteiger partial charge in [-0.15, -0.1) is 0 Å². The van der Waals surface area contributed by atoms with E-state index in [9.17, 15) is 13.6 Å². The fraction of sp³-hybridized carbons (Fsp3) is 0.375. The van der Waals surface area contributed by atoms with Crippen molar-refractivity contribution >= 4 is 11.6 Å². The van der Waals surface area contributed by atoms with Gasteiger partial charge in [-0.1, -0.05) is 19.1 Å². The van der Waals surface area contributed by atoms with E-state index in [-0.39, 0.29) is 11.6 Å². The Hall–Kier alpha value is -2.44. The van der Waals surface area contributed by atoms with E-state index in [1.807, 2.05) is 6.92 Å². The fourth-order valence-electron chi connectivity index (χ4n) is 2.38. The summed E-state index contributed by atoms with van der Waals surface area (Å²) in [6.07, 6.45) is -2.21. The standard InChI is InChI=1S/C16H19F2N3O2/c1-4-12(10-5-7-11(23-3)8-6-10)16(22)19-13-9(2)20-21-14(13)15(17)18/h5-8,12,15H,4H2,1-3H3,(H,19,22)(H,20,21)/t12-/m0/s1. The molecule has 0 unspecified atom stereocenters. The Morgan fingerprint density at radius 2 is 2.00 bits per heavy atom. The second-order valence-corrected chi connectivity index (χ2v) is 5.13. The topological polar surface area (TPSA) is 67.0 Å². The molecule has 0 bridgehead atoms. The zero-order chi connectivity index (χ0) is 17.0. The molecule has 0 aliphatic heterocycles. The summed E-state index contributed by atoms with van der Waals surface area (Å²) >= 11 is 0. The molecule has 1 amide bonds. The molecule has 1 aromatic heterocycles. The maximum Gasteiger partial charge on any atom is 0.284 e. The van der Waals surface area contributed by atoms with Crippen molar-refractivity contribution in [2.75, 3.05) is 12.4 Å². The summed E-state index contributed by atoms with van der Waals surface area (Å²) in [7, 11) is 1.56. The second kappa shape index (κ2) is 7.21. The number of ether oxygens (including phenoxy) is 1. The van der Waals surface area contributed by atoms with Crippen LogP contribution in [0.3, 0.4) is 0 Å². The number of aromatic nitrogens is 2. The van der Waals surface area contributed by atoms with Crippen LogP contribution in [0, 0.1) is 6.92 Å². The van der Waals surface area contributed by atoms with E-state index in [2.05, 4.69) is 15.5 Å². The molecule has 1 atom stereocenters. The Balaban J connectivity index is 2.22. The lowest BCUT2D eigenvalue weighted by molar-refractivity contribution is -0.117. The van der Waals surface area contributed by atoms with Gasteiger partial charge in [0.05, 0.1) is 24.4 Å². The van der Waals surface area contributed by atoms with Crippen molar-refractivity contribution in [2.24, 2.45) is 0 Å². The van der Waals surface area contributed by atoms with Gasteiger partial charge >= 0.3 is 0 Å². The van der Waals surface area contributed by atoms with Crippen molar-refractivity contribution in [2.45, 2.75) is 32.6 Å². The average molecular weight is 323 g/mol. The summed E-state index contributed by atoms with van der Waals surface area (Å²) in [5.74, 6) is -0.0977. The van der Waals surface area contributed by atoms with Crippen LogP contribution in [0.4, 0.5) is 14.5 Å². The van der Waals surface area contributed by atoms with Crippen molar-refractivity contribution < 1.29 is 18.3 Å². The van der Waals surface area contributed by atoms with Gasteiger partial charge in [0.15, 0.2) is 5.69 Å². The first-order chi connectivity index (χ1) is 11.0. The Morgan fingerprint density at radius 1 is 1.35 bits per heavy atom. The first kappa shape index (κ1) is 16.9. The van der Waals surface area contributed by atoms with Crippen LogP contribution in [0.1, 0.15) is 42.6 Å². The minimum atomic E-state index is -2.75. The molecule has 2 N–H and O–H groups in total. The van der Waals surface area contributed by atoms with Gasteiger partial charge in [-0.05, 0) is 31.0 Å². The number of rotatable bonds is 6. The molecule has 0 radical (unpaired) electrons. The van der Waals surface area contributed by atoms with Crippen LogP contribution in [0.15, 0.2) is 24.3 Å². The third-order valence-corrected chi connectivity index (χ3v) is 3.67. The van der Waals surface area contributed by atoms with E-state index in [1.165, 1.54) is 0 Å². The van der Waals surface area contributed by atoms with Gasteiger partial charge in [-0.3, -0.25) is 9.89 Å². The van der Waals surface area contributed by atoms with Gasteiger partial charge in [0.2, 0.25) is 5.91 Å². The number of methoxy groups -OCH3 is 1. The molecule has 1 heterocycles. The van der Waals surface area contributed by atoms with Crippen molar-refractivity contribution in [1.82, 2.24) is 10.2 Å². The lowest BCUT2D eigenvalue weighted by Crippen LogP contribution is -2.21. The highest BCUT2D eigenvalue weighted by Crippen LogP contribution is 2.29. The SMILES string of the molecule is CC[C@H](C(=O)Nc1c(C(F)F)n[nH]c1C)c1ccc(OC)cc1. The Bertz CT molecular complexity index is 668. The van der Waals surface area contributed by atoms with E-state index < -0.39 is 18.0 Å². The summed E-state index contributed by atoms with van der Waals surface area (Å²) in [5.41, 5.74) is 0.807. The number of nitrogens with zero attached hydrogens (tertiary/aromatic N) is 1. The molecule has 0 fully saturated rings. The molecule has 0 saturated carbocycles. The third kappa shape index (κ3) is 3.67. The summed E-state index contributed by atoms with van der Waals surface area (Å²) < 4.78 is 31.0. The summed E-state index contributed by atoms with van der Waals surface area (Å²) in [5, 5.41) is 8.59. The van der Waals surface area contributed by atoms with Crippen LogP contribution in [0.5, 0.6) is 5.75 Å². The normalized spacial score (nSPS) is 12.3. The number of aromatic amines is 1. The van der Waals surface area contributed by atoms with E-state index in [1.54, 1.807) is 38.3 Å². The first-order valence-electron chi connectivity index (χ1n) is 7.25. The number of amides is 1. The van der Waals surface area contributed by atoms with Crippen LogP contribution < -0.4 is 10.1 Å². The maximum atomic E-state index is 12.9. The molecule has 7 heteroatoms. The van der Waals surface area contributed by atoms with E-state index >= 15 is 0 Å². The van der Waals surface area contributed by atoms with Crippen molar-refractivity contribution in [1.29, 1.82) is 0 Å². The highest BCUT2D eigenvalue weighted by Gasteiger charge is 2.24. The van der Waals surface area contributed by atoms with Crippen LogP contribution in [0.2, 0.25) is 0 Å². The van der Waals surface area contributed by atoms with Crippen LogP contribution in [-0.2, 0) is 4.79 Å². The Morgan fingerprint density at radius 3 is 2.52 bits per heavy atom. The third-order valence-electron chi connectivity index (χ3n) is 3.67. The lowest BCUT2D eigenvalue weighted by atomic mass is 9.95. The number of carbonyl (C=O) groups excluding carboxylic acids is 1. The average Bonchev–Trinajstić information content (AvgIpc) is 2.90. The second-order valence-electron chi connectivity index (χ2n) is 5.13.